The second-order valence-corrected chi connectivity index (χ2v) is 3.44. The highest BCUT2D eigenvalue weighted by molar-refractivity contribution is 7.80. The molecule has 0 aromatic carbocycles. The van der Waals surface area contributed by atoms with Gasteiger partial charge in [0.2, 0.25) is 0 Å². The van der Waals surface area contributed by atoms with E-state index in [1.165, 1.54) is 0 Å². The Hall–Kier alpha value is -0.840. The van der Waals surface area contributed by atoms with E-state index >= 15 is 0 Å². The standard InChI is InChI=1S/C8H14N2O2S/c1-2-3-4-7(13)10-6-5-9-8(11)12-6/h6H,2-5H2,1H3,(H,9,11)(H,10,13). The summed E-state index contributed by atoms with van der Waals surface area (Å²) in [5.74, 6) is 0. The average molecular weight is 202 g/mol. The van der Waals surface area contributed by atoms with Gasteiger partial charge in [-0.1, -0.05) is 25.6 Å². The third kappa shape index (κ3) is 3.59. The van der Waals surface area contributed by atoms with Crippen molar-refractivity contribution in [2.24, 2.45) is 0 Å². The Morgan fingerprint density at radius 1 is 1.85 bits per heavy atom. The fraction of sp³-hybridized carbons (Fsp3) is 0.750. The number of rotatable bonds is 4. The Morgan fingerprint density at radius 2 is 2.62 bits per heavy atom. The summed E-state index contributed by atoms with van der Waals surface area (Å²) in [6.45, 7) is 2.60. The van der Waals surface area contributed by atoms with Crippen LogP contribution in [0.5, 0.6) is 0 Å². The normalized spacial score (nSPS) is 20.7. The lowest BCUT2D eigenvalue weighted by atomic mass is 10.2. The number of hydrogen-bond acceptors (Lipinski definition) is 3. The summed E-state index contributed by atoms with van der Waals surface area (Å²) >= 11 is 5.06. The molecule has 0 aromatic heterocycles. The number of alkyl carbamates (subject to hydrolysis) is 1. The molecule has 0 bridgehead atoms. The van der Waals surface area contributed by atoms with Gasteiger partial charge in [0, 0.05) is 0 Å². The SMILES string of the molecule is CCCCC(=S)NC1CNC(=O)O1. The maximum atomic E-state index is 10.6. The summed E-state index contributed by atoms with van der Waals surface area (Å²) in [6.07, 6.45) is 2.39. The van der Waals surface area contributed by atoms with Gasteiger partial charge in [0.15, 0.2) is 6.23 Å². The average Bonchev–Trinajstić information content (AvgIpc) is 2.48. The smallest absolute Gasteiger partial charge is 0.409 e. The number of amides is 1. The lowest BCUT2D eigenvalue weighted by Gasteiger charge is -2.11. The fourth-order valence-electron chi connectivity index (χ4n) is 1.06. The van der Waals surface area contributed by atoms with Crippen LogP contribution in [0.4, 0.5) is 4.79 Å². The molecular formula is C8H14N2O2S. The first kappa shape index (κ1) is 10.2. The topological polar surface area (TPSA) is 50.4 Å². The van der Waals surface area contributed by atoms with Crippen LogP contribution in [0.2, 0.25) is 0 Å². The van der Waals surface area contributed by atoms with Gasteiger partial charge < -0.3 is 15.4 Å². The molecule has 1 unspecified atom stereocenters. The van der Waals surface area contributed by atoms with Crippen molar-refractivity contribution in [3.63, 3.8) is 0 Å². The van der Waals surface area contributed by atoms with E-state index in [0.29, 0.717) is 6.54 Å². The van der Waals surface area contributed by atoms with Gasteiger partial charge in [-0.3, -0.25) is 0 Å². The molecule has 1 amide bonds. The van der Waals surface area contributed by atoms with Crippen molar-refractivity contribution in [2.45, 2.75) is 32.4 Å². The van der Waals surface area contributed by atoms with E-state index in [1.54, 1.807) is 0 Å². The molecule has 0 aliphatic carbocycles. The second-order valence-electron chi connectivity index (χ2n) is 2.95. The molecule has 74 valence electrons. The minimum Gasteiger partial charge on any atom is -0.424 e. The van der Waals surface area contributed by atoms with Gasteiger partial charge in [0.05, 0.1) is 11.5 Å². The van der Waals surface area contributed by atoms with Gasteiger partial charge in [-0.25, -0.2) is 4.79 Å². The van der Waals surface area contributed by atoms with Crippen LogP contribution >= 0.6 is 12.2 Å². The summed E-state index contributed by atoms with van der Waals surface area (Å²) in [6, 6.07) is 0. The molecule has 1 saturated heterocycles. The second kappa shape index (κ2) is 5.01. The van der Waals surface area contributed by atoms with Crippen molar-refractivity contribution in [1.29, 1.82) is 0 Å². The Labute approximate surface area is 83.0 Å². The predicted molar refractivity (Wildman–Crippen MR) is 53.5 cm³/mol. The number of hydrogen-bond donors (Lipinski definition) is 2. The lowest BCUT2D eigenvalue weighted by Crippen LogP contribution is -2.36. The molecule has 1 aliphatic heterocycles. The van der Waals surface area contributed by atoms with Crippen molar-refractivity contribution >= 4 is 23.3 Å². The molecule has 13 heavy (non-hydrogen) atoms. The quantitative estimate of drug-likeness (QED) is 0.672. The Morgan fingerprint density at radius 3 is 3.15 bits per heavy atom. The summed E-state index contributed by atoms with van der Waals surface area (Å²) in [7, 11) is 0. The maximum Gasteiger partial charge on any atom is 0.409 e. The lowest BCUT2D eigenvalue weighted by molar-refractivity contribution is 0.133. The number of carbonyl (C=O) groups excluding carboxylic acids is 1. The Kier molecular flexibility index (Phi) is 3.95. The van der Waals surface area contributed by atoms with Crippen LogP contribution in [0.25, 0.3) is 0 Å². The largest absolute Gasteiger partial charge is 0.424 e. The summed E-state index contributed by atoms with van der Waals surface area (Å²) < 4.78 is 4.86. The number of ether oxygens (including phenoxy) is 1. The van der Waals surface area contributed by atoms with Crippen molar-refractivity contribution in [3.05, 3.63) is 0 Å². The predicted octanol–water partition coefficient (Wildman–Crippen LogP) is 1.16. The molecule has 0 aromatic rings. The number of unbranched alkanes of at least 4 members (excludes halogenated alkanes) is 1. The minimum absolute atomic E-state index is 0.281. The van der Waals surface area contributed by atoms with Crippen LogP contribution in [0.15, 0.2) is 0 Å². The minimum atomic E-state index is -0.379. The Balaban J connectivity index is 2.17. The molecule has 4 nitrogen and oxygen atoms in total. The summed E-state index contributed by atoms with van der Waals surface area (Å²) in [5, 5.41) is 5.52. The van der Waals surface area contributed by atoms with Crippen molar-refractivity contribution in [2.75, 3.05) is 6.54 Å². The molecule has 5 heteroatoms. The van der Waals surface area contributed by atoms with Crippen LogP contribution in [-0.4, -0.2) is 23.9 Å². The molecule has 1 atom stereocenters. The molecule has 1 heterocycles. The van der Waals surface area contributed by atoms with E-state index in [4.69, 9.17) is 17.0 Å². The Bertz CT molecular complexity index is 208. The van der Waals surface area contributed by atoms with Gasteiger partial charge in [-0.15, -0.1) is 0 Å². The number of thiocarbonyl (C=S) groups is 1. The first-order chi connectivity index (χ1) is 6.22. The summed E-state index contributed by atoms with van der Waals surface area (Å²) in [5.41, 5.74) is 0. The molecule has 0 spiro atoms. The van der Waals surface area contributed by atoms with Crippen LogP contribution in [0.3, 0.4) is 0 Å². The molecule has 1 fully saturated rings. The number of cyclic esters (lactones) is 1. The van der Waals surface area contributed by atoms with Crippen molar-refractivity contribution in [3.8, 4) is 0 Å². The first-order valence-electron chi connectivity index (χ1n) is 4.46. The highest BCUT2D eigenvalue weighted by Gasteiger charge is 2.22. The first-order valence-corrected chi connectivity index (χ1v) is 4.87. The highest BCUT2D eigenvalue weighted by Crippen LogP contribution is 2.00. The molecule has 1 aliphatic rings. The zero-order valence-electron chi connectivity index (χ0n) is 7.63. The molecular weight excluding hydrogens is 188 g/mol. The van der Waals surface area contributed by atoms with E-state index in [9.17, 15) is 4.79 Å². The third-order valence-corrected chi connectivity index (χ3v) is 2.08. The van der Waals surface area contributed by atoms with Crippen LogP contribution in [0.1, 0.15) is 26.2 Å². The number of carbonyl (C=O) groups is 1. The number of nitrogens with one attached hydrogen (secondary N) is 2. The van der Waals surface area contributed by atoms with E-state index < -0.39 is 0 Å². The van der Waals surface area contributed by atoms with Crippen LogP contribution in [0, 0.1) is 0 Å². The van der Waals surface area contributed by atoms with E-state index in [2.05, 4.69) is 17.6 Å². The molecule has 1 rings (SSSR count). The van der Waals surface area contributed by atoms with Gasteiger partial charge >= 0.3 is 6.09 Å². The highest BCUT2D eigenvalue weighted by atomic mass is 32.1. The van der Waals surface area contributed by atoms with Crippen LogP contribution in [-0.2, 0) is 4.74 Å². The fourth-order valence-corrected chi connectivity index (χ4v) is 1.33. The molecule has 0 radical (unpaired) electrons. The van der Waals surface area contributed by atoms with Crippen LogP contribution < -0.4 is 10.6 Å². The zero-order valence-corrected chi connectivity index (χ0v) is 8.45. The van der Waals surface area contributed by atoms with Crippen molar-refractivity contribution < 1.29 is 9.53 Å². The van der Waals surface area contributed by atoms with Gasteiger partial charge in [-0.2, -0.15) is 0 Å². The zero-order chi connectivity index (χ0) is 9.68. The molecule has 2 N–H and O–H groups in total. The summed E-state index contributed by atoms with van der Waals surface area (Å²) in [4.78, 5) is 11.4. The monoisotopic (exact) mass is 202 g/mol. The van der Waals surface area contributed by atoms with Gasteiger partial charge in [-0.05, 0) is 12.8 Å². The molecule has 0 saturated carbocycles. The van der Waals surface area contributed by atoms with E-state index in [-0.39, 0.29) is 12.3 Å². The third-order valence-electron chi connectivity index (χ3n) is 1.76. The van der Waals surface area contributed by atoms with E-state index in [0.717, 1.165) is 24.3 Å². The maximum absolute atomic E-state index is 10.6. The van der Waals surface area contributed by atoms with E-state index in [1.807, 2.05) is 0 Å². The van der Waals surface area contributed by atoms with Gasteiger partial charge in [0.25, 0.3) is 0 Å². The van der Waals surface area contributed by atoms with Crippen molar-refractivity contribution in [1.82, 2.24) is 10.6 Å². The van der Waals surface area contributed by atoms with Gasteiger partial charge in [0.1, 0.15) is 0 Å².